The normalized spacial score (nSPS) is 11.5. The number of carbonyl (C=O) groups excluding carboxylic acids is 1. The fourth-order valence-corrected chi connectivity index (χ4v) is 4.81. The summed E-state index contributed by atoms with van der Waals surface area (Å²) in [7, 11) is 1.36. The van der Waals surface area contributed by atoms with Crippen molar-refractivity contribution >= 4 is 29.1 Å². The Morgan fingerprint density at radius 2 is 1.90 bits per heavy atom. The van der Waals surface area contributed by atoms with Crippen LogP contribution in [0.5, 0.6) is 0 Å². The number of hydrogen-bond acceptors (Lipinski definition) is 5. The summed E-state index contributed by atoms with van der Waals surface area (Å²) in [5.74, 6) is 0.401. The lowest BCUT2D eigenvalue weighted by molar-refractivity contribution is -0.140. The van der Waals surface area contributed by atoms with Gasteiger partial charge < -0.3 is 4.74 Å². The first-order chi connectivity index (χ1) is 13.8. The van der Waals surface area contributed by atoms with E-state index in [0.717, 1.165) is 33.2 Å². The average molecular weight is 438 g/mol. The molecule has 3 aromatic rings. The van der Waals surface area contributed by atoms with Crippen molar-refractivity contribution in [3.8, 4) is 10.6 Å². The van der Waals surface area contributed by atoms with Gasteiger partial charge in [-0.05, 0) is 36.8 Å². The van der Waals surface area contributed by atoms with E-state index in [-0.39, 0.29) is 12.4 Å². The minimum Gasteiger partial charge on any atom is -0.469 e. The molecule has 0 amide bonds. The van der Waals surface area contributed by atoms with E-state index in [9.17, 15) is 18.0 Å². The van der Waals surface area contributed by atoms with Gasteiger partial charge in [-0.3, -0.25) is 4.79 Å². The maximum Gasteiger partial charge on any atom is 0.416 e. The quantitative estimate of drug-likeness (QED) is 0.343. The first-order valence-corrected chi connectivity index (χ1v) is 10.5. The largest absolute Gasteiger partial charge is 0.469 e. The lowest BCUT2D eigenvalue weighted by atomic mass is 10.1. The Kier molecular flexibility index (Phi) is 6.64. The van der Waals surface area contributed by atoms with Crippen LogP contribution in [0.25, 0.3) is 10.6 Å². The summed E-state index contributed by atoms with van der Waals surface area (Å²) in [6.07, 6.45) is -4.12. The predicted molar refractivity (Wildman–Crippen MR) is 109 cm³/mol. The Balaban J connectivity index is 1.70. The second kappa shape index (κ2) is 9.00. The van der Waals surface area contributed by atoms with E-state index in [1.807, 2.05) is 31.2 Å². The predicted octanol–water partition coefficient (Wildman–Crippen LogP) is 6.15. The van der Waals surface area contributed by atoms with Crippen molar-refractivity contribution in [2.24, 2.45) is 0 Å². The molecule has 2 aromatic carbocycles. The number of esters is 1. The number of ether oxygens (including phenoxy) is 1. The minimum atomic E-state index is -4.35. The van der Waals surface area contributed by atoms with Gasteiger partial charge in [0.1, 0.15) is 5.01 Å². The lowest BCUT2D eigenvalue weighted by Crippen LogP contribution is -2.04. The average Bonchev–Trinajstić information content (AvgIpc) is 3.06. The standard InChI is InChI=1S/C21H18F3NO2S2/c1-13-18(12-28-17-5-3-4-14(10-17)11-19(26)27-2)29-20(25-13)15-6-8-16(9-7-15)21(22,23)24/h3-10H,11-12H2,1-2H3. The minimum absolute atomic E-state index is 0.225. The zero-order valence-electron chi connectivity index (χ0n) is 15.7. The highest BCUT2D eigenvalue weighted by Gasteiger charge is 2.30. The number of methoxy groups -OCH3 is 1. The first-order valence-electron chi connectivity index (χ1n) is 8.69. The molecule has 0 unspecified atom stereocenters. The van der Waals surface area contributed by atoms with Crippen molar-refractivity contribution in [3.05, 3.63) is 70.2 Å². The molecule has 0 aliphatic carbocycles. The van der Waals surface area contributed by atoms with Gasteiger partial charge in [0, 0.05) is 21.1 Å². The summed E-state index contributed by atoms with van der Waals surface area (Å²) in [5, 5.41) is 0.700. The summed E-state index contributed by atoms with van der Waals surface area (Å²) in [6.45, 7) is 1.90. The number of aromatic nitrogens is 1. The fourth-order valence-electron chi connectivity index (χ4n) is 2.62. The summed E-state index contributed by atoms with van der Waals surface area (Å²) >= 11 is 3.10. The third-order valence-corrected chi connectivity index (χ3v) is 6.61. The molecular weight excluding hydrogens is 419 g/mol. The zero-order valence-corrected chi connectivity index (χ0v) is 17.4. The Morgan fingerprint density at radius 3 is 2.55 bits per heavy atom. The topological polar surface area (TPSA) is 39.2 Å². The number of carbonyl (C=O) groups is 1. The molecule has 0 saturated carbocycles. The molecule has 1 aromatic heterocycles. The summed E-state index contributed by atoms with van der Waals surface area (Å²) in [4.78, 5) is 18.0. The number of rotatable bonds is 6. The van der Waals surface area contributed by atoms with Crippen LogP contribution < -0.4 is 0 Å². The molecule has 0 atom stereocenters. The summed E-state index contributed by atoms with van der Waals surface area (Å²) in [5.41, 5.74) is 1.75. The molecule has 0 spiro atoms. The van der Waals surface area contributed by atoms with Crippen LogP contribution in [0.2, 0.25) is 0 Å². The van der Waals surface area contributed by atoms with Crippen LogP contribution in [0.1, 0.15) is 21.7 Å². The van der Waals surface area contributed by atoms with E-state index < -0.39 is 11.7 Å². The van der Waals surface area contributed by atoms with Crippen LogP contribution in [0.3, 0.4) is 0 Å². The molecule has 3 nitrogen and oxygen atoms in total. The van der Waals surface area contributed by atoms with Gasteiger partial charge in [0.25, 0.3) is 0 Å². The van der Waals surface area contributed by atoms with Crippen molar-refractivity contribution in [2.75, 3.05) is 7.11 Å². The van der Waals surface area contributed by atoms with E-state index in [0.29, 0.717) is 16.3 Å². The fraction of sp³-hybridized carbons (Fsp3) is 0.238. The van der Waals surface area contributed by atoms with Crippen LogP contribution in [-0.4, -0.2) is 18.1 Å². The molecule has 0 N–H and O–H groups in total. The van der Waals surface area contributed by atoms with Crippen LogP contribution in [-0.2, 0) is 27.9 Å². The Labute approximate surface area is 174 Å². The van der Waals surface area contributed by atoms with Crippen molar-refractivity contribution in [1.82, 2.24) is 4.98 Å². The maximum atomic E-state index is 12.7. The highest BCUT2D eigenvalue weighted by Crippen LogP contribution is 2.35. The Hall–Kier alpha value is -2.32. The Morgan fingerprint density at radius 1 is 1.17 bits per heavy atom. The molecule has 8 heteroatoms. The SMILES string of the molecule is COC(=O)Cc1cccc(SCc2sc(-c3ccc(C(F)(F)F)cc3)nc2C)c1. The van der Waals surface area contributed by atoms with Gasteiger partial charge >= 0.3 is 12.1 Å². The number of hydrogen-bond donors (Lipinski definition) is 0. The Bertz CT molecular complexity index is 998. The van der Waals surface area contributed by atoms with Gasteiger partial charge in [-0.2, -0.15) is 13.2 Å². The molecule has 1 heterocycles. The van der Waals surface area contributed by atoms with E-state index >= 15 is 0 Å². The number of nitrogens with zero attached hydrogens (tertiary/aromatic N) is 1. The molecule has 0 aliphatic rings. The number of aryl methyl sites for hydroxylation is 1. The van der Waals surface area contributed by atoms with Gasteiger partial charge in [0.2, 0.25) is 0 Å². The number of alkyl halides is 3. The molecule has 0 aliphatic heterocycles. The summed E-state index contributed by atoms with van der Waals surface area (Å²) < 4.78 is 42.9. The van der Waals surface area contributed by atoms with Crippen molar-refractivity contribution in [1.29, 1.82) is 0 Å². The smallest absolute Gasteiger partial charge is 0.416 e. The van der Waals surface area contributed by atoms with Gasteiger partial charge in [0.15, 0.2) is 0 Å². The molecule has 3 rings (SSSR count). The number of thiazole rings is 1. The monoisotopic (exact) mass is 437 g/mol. The van der Waals surface area contributed by atoms with Crippen molar-refractivity contribution in [3.63, 3.8) is 0 Å². The van der Waals surface area contributed by atoms with Crippen molar-refractivity contribution < 1.29 is 22.7 Å². The zero-order chi connectivity index (χ0) is 21.0. The molecule has 0 bridgehead atoms. The van der Waals surface area contributed by atoms with Crippen molar-refractivity contribution in [2.45, 2.75) is 30.2 Å². The van der Waals surface area contributed by atoms with E-state index in [2.05, 4.69) is 4.98 Å². The second-order valence-corrected chi connectivity index (χ2v) is 8.42. The van der Waals surface area contributed by atoms with Gasteiger partial charge in [-0.15, -0.1) is 23.1 Å². The molecule has 29 heavy (non-hydrogen) atoms. The molecule has 0 saturated heterocycles. The second-order valence-electron chi connectivity index (χ2n) is 6.29. The van der Waals surface area contributed by atoms with Crippen LogP contribution in [0.4, 0.5) is 13.2 Å². The number of halogens is 3. The van der Waals surface area contributed by atoms with Gasteiger partial charge in [-0.1, -0.05) is 24.3 Å². The maximum absolute atomic E-state index is 12.7. The number of benzene rings is 2. The van der Waals surface area contributed by atoms with Gasteiger partial charge in [-0.25, -0.2) is 4.98 Å². The molecule has 0 fully saturated rings. The van der Waals surface area contributed by atoms with E-state index in [1.165, 1.54) is 30.6 Å². The first kappa shape index (κ1) is 21.4. The highest BCUT2D eigenvalue weighted by molar-refractivity contribution is 7.98. The highest BCUT2D eigenvalue weighted by atomic mass is 32.2. The third-order valence-electron chi connectivity index (χ3n) is 4.20. The number of thioether (sulfide) groups is 1. The molecule has 152 valence electrons. The molecular formula is C21H18F3NO2S2. The van der Waals surface area contributed by atoms with Gasteiger partial charge in [0.05, 0.1) is 24.8 Å². The van der Waals surface area contributed by atoms with E-state index in [1.54, 1.807) is 11.8 Å². The van der Waals surface area contributed by atoms with Crippen LogP contribution >= 0.6 is 23.1 Å². The van der Waals surface area contributed by atoms with E-state index in [4.69, 9.17) is 4.74 Å². The molecule has 0 radical (unpaired) electrons. The van der Waals surface area contributed by atoms with Crippen LogP contribution in [0, 0.1) is 6.92 Å². The third kappa shape index (κ3) is 5.61. The van der Waals surface area contributed by atoms with Crippen LogP contribution in [0.15, 0.2) is 53.4 Å². The lowest BCUT2D eigenvalue weighted by Gasteiger charge is -2.06. The summed E-state index contributed by atoms with van der Waals surface area (Å²) in [6, 6.07) is 12.8.